The van der Waals surface area contributed by atoms with Gasteiger partial charge in [0.25, 0.3) is 0 Å². The average Bonchev–Trinajstić information content (AvgIpc) is 3.37. The van der Waals surface area contributed by atoms with Gasteiger partial charge in [-0.25, -0.2) is 4.68 Å². The highest BCUT2D eigenvalue weighted by molar-refractivity contribution is 7.98. The molecule has 0 aliphatic carbocycles. The summed E-state index contributed by atoms with van der Waals surface area (Å²) in [7, 11) is 0. The Labute approximate surface area is 185 Å². The van der Waals surface area contributed by atoms with E-state index in [0.717, 1.165) is 17.7 Å². The second-order valence-corrected chi connectivity index (χ2v) is 7.72. The van der Waals surface area contributed by atoms with Crippen LogP contribution in [0, 0.1) is 0 Å². The number of hydrogen-bond donors (Lipinski definition) is 2. The van der Waals surface area contributed by atoms with Crippen LogP contribution in [-0.2, 0) is 12.7 Å². The summed E-state index contributed by atoms with van der Waals surface area (Å²) in [5, 5.41) is 23.6. The molecule has 0 bridgehead atoms. The lowest BCUT2D eigenvalue weighted by Gasteiger charge is -2.13. The summed E-state index contributed by atoms with van der Waals surface area (Å²) in [5.41, 5.74) is 7.18. The summed E-state index contributed by atoms with van der Waals surface area (Å²) in [5.74, 6) is 0.597. The molecule has 0 spiro atoms. The molecule has 2 aromatic carbocycles. The van der Waals surface area contributed by atoms with E-state index in [0.29, 0.717) is 22.2 Å². The first-order valence-electron chi connectivity index (χ1n) is 9.51. The molecule has 3 N–H and O–H groups in total. The number of anilines is 1. The quantitative estimate of drug-likeness (QED) is 0.419. The molecule has 0 amide bonds. The van der Waals surface area contributed by atoms with Gasteiger partial charge in [0.2, 0.25) is 0 Å². The van der Waals surface area contributed by atoms with Crippen LogP contribution in [0.5, 0.6) is 0 Å². The van der Waals surface area contributed by atoms with Gasteiger partial charge in [-0.15, -0.1) is 10.2 Å². The molecule has 7 nitrogen and oxygen atoms in total. The third-order valence-electron chi connectivity index (χ3n) is 4.92. The van der Waals surface area contributed by atoms with Gasteiger partial charge in [-0.2, -0.15) is 18.3 Å². The predicted molar refractivity (Wildman–Crippen MR) is 115 cm³/mol. The third kappa shape index (κ3) is 4.21. The van der Waals surface area contributed by atoms with Crippen molar-refractivity contribution < 1.29 is 18.3 Å². The highest BCUT2D eigenvalue weighted by Gasteiger charge is 2.30. The molecule has 0 aliphatic heterocycles. The minimum absolute atomic E-state index is 0.125. The van der Waals surface area contributed by atoms with E-state index < -0.39 is 17.8 Å². The van der Waals surface area contributed by atoms with Gasteiger partial charge in [0.15, 0.2) is 11.0 Å². The zero-order chi connectivity index (χ0) is 22.9. The fraction of sp³-hybridized carbons (Fsp3) is 0.190. The molecule has 2 aromatic heterocycles. The van der Waals surface area contributed by atoms with Crippen LogP contribution in [0.3, 0.4) is 0 Å². The van der Waals surface area contributed by atoms with Crippen LogP contribution in [0.25, 0.3) is 17.1 Å². The van der Waals surface area contributed by atoms with Gasteiger partial charge >= 0.3 is 6.18 Å². The van der Waals surface area contributed by atoms with Gasteiger partial charge in [-0.3, -0.25) is 4.57 Å². The first-order valence-corrected chi connectivity index (χ1v) is 10.7. The molecule has 1 atom stereocenters. The van der Waals surface area contributed by atoms with Crippen molar-refractivity contribution in [2.24, 2.45) is 0 Å². The Balaban J connectivity index is 1.69. The van der Waals surface area contributed by atoms with Crippen LogP contribution >= 0.6 is 11.8 Å². The minimum Gasteiger partial charge on any atom is -0.386 e. The minimum atomic E-state index is -4.43. The van der Waals surface area contributed by atoms with Gasteiger partial charge in [-0.1, -0.05) is 42.1 Å². The van der Waals surface area contributed by atoms with Crippen LogP contribution in [0.1, 0.15) is 17.2 Å². The van der Waals surface area contributed by atoms with E-state index in [4.69, 9.17) is 5.73 Å². The van der Waals surface area contributed by atoms with Gasteiger partial charge in [0, 0.05) is 5.69 Å². The molecule has 32 heavy (non-hydrogen) atoms. The van der Waals surface area contributed by atoms with Crippen LogP contribution in [-0.4, -0.2) is 35.9 Å². The Kier molecular flexibility index (Phi) is 5.94. The second kappa shape index (κ2) is 8.67. The summed E-state index contributed by atoms with van der Waals surface area (Å²) in [6.45, 7) is 0.125. The van der Waals surface area contributed by atoms with Gasteiger partial charge in [-0.05, 0) is 36.1 Å². The lowest BCUT2D eigenvalue weighted by atomic mass is 10.1. The summed E-state index contributed by atoms with van der Waals surface area (Å²) in [6.07, 6.45) is -1.96. The molecule has 4 rings (SSSR count). The van der Waals surface area contributed by atoms with E-state index in [9.17, 15) is 18.3 Å². The fourth-order valence-electron chi connectivity index (χ4n) is 3.27. The Hall–Kier alpha value is -3.31. The summed E-state index contributed by atoms with van der Waals surface area (Å²) < 4.78 is 41.9. The molecule has 4 aromatic rings. The molecule has 2 heterocycles. The number of alkyl halides is 3. The van der Waals surface area contributed by atoms with Crippen molar-refractivity contribution in [3.05, 3.63) is 71.9 Å². The SMILES string of the molecule is CSc1nnc(-c2cnn(CC(O)c3ccccc3)c2N)n1-c1ccc(C(F)(F)F)cc1. The molecule has 0 radical (unpaired) electrons. The number of nitrogen functional groups attached to an aromatic ring is 1. The average molecular weight is 460 g/mol. The van der Waals surface area contributed by atoms with Crippen molar-refractivity contribution in [3.8, 4) is 17.1 Å². The topological polar surface area (TPSA) is 94.8 Å². The van der Waals surface area contributed by atoms with Crippen LogP contribution in [0.4, 0.5) is 19.0 Å². The maximum Gasteiger partial charge on any atom is 0.416 e. The molecule has 0 fully saturated rings. The highest BCUT2D eigenvalue weighted by atomic mass is 32.2. The number of halogens is 3. The molecule has 0 aliphatic rings. The molecular weight excluding hydrogens is 441 g/mol. The number of rotatable bonds is 6. The Morgan fingerprint density at radius 1 is 1.06 bits per heavy atom. The fourth-order valence-corrected chi connectivity index (χ4v) is 3.76. The number of thioether (sulfide) groups is 1. The molecule has 0 saturated heterocycles. The Morgan fingerprint density at radius 3 is 2.38 bits per heavy atom. The largest absolute Gasteiger partial charge is 0.416 e. The number of aliphatic hydroxyl groups is 1. The van der Waals surface area contributed by atoms with Crippen LogP contribution < -0.4 is 5.73 Å². The van der Waals surface area contributed by atoms with E-state index in [1.165, 1.54) is 34.8 Å². The maximum atomic E-state index is 13.0. The number of aromatic nitrogens is 5. The number of nitrogens with zero attached hydrogens (tertiary/aromatic N) is 5. The maximum absolute atomic E-state index is 13.0. The number of benzene rings is 2. The van der Waals surface area contributed by atoms with Crippen LogP contribution in [0.2, 0.25) is 0 Å². The zero-order valence-electron chi connectivity index (χ0n) is 16.9. The van der Waals surface area contributed by atoms with E-state index in [2.05, 4.69) is 15.3 Å². The van der Waals surface area contributed by atoms with Crippen molar-refractivity contribution in [1.82, 2.24) is 24.5 Å². The predicted octanol–water partition coefficient (Wildman–Crippen LogP) is 4.19. The van der Waals surface area contributed by atoms with E-state index in [1.54, 1.807) is 23.0 Å². The lowest BCUT2D eigenvalue weighted by Crippen LogP contribution is -2.12. The first kappa shape index (κ1) is 21.9. The lowest BCUT2D eigenvalue weighted by molar-refractivity contribution is -0.137. The molecule has 11 heteroatoms. The number of nitrogens with two attached hydrogens (primary N) is 1. The molecule has 1 unspecified atom stereocenters. The van der Waals surface area contributed by atoms with Crippen molar-refractivity contribution >= 4 is 17.6 Å². The normalized spacial score (nSPS) is 12.8. The van der Waals surface area contributed by atoms with Crippen molar-refractivity contribution in [3.63, 3.8) is 0 Å². The summed E-state index contributed by atoms with van der Waals surface area (Å²) in [4.78, 5) is 0. The first-order chi connectivity index (χ1) is 15.3. The van der Waals surface area contributed by atoms with Crippen molar-refractivity contribution in [1.29, 1.82) is 0 Å². The van der Waals surface area contributed by atoms with E-state index in [1.807, 2.05) is 18.2 Å². The van der Waals surface area contributed by atoms with Crippen molar-refractivity contribution in [2.75, 3.05) is 12.0 Å². The Bertz CT molecular complexity index is 1200. The smallest absolute Gasteiger partial charge is 0.386 e. The number of aliphatic hydroxyl groups excluding tert-OH is 1. The van der Waals surface area contributed by atoms with Gasteiger partial charge in [0.05, 0.1) is 30.0 Å². The monoisotopic (exact) mass is 460 g/mol. The van der Waals surface area contributed by atoms with Crippen LogP contribution in [0.15, 0.2) is 66.0 Å². The molecular formula is C21H19F3N6OS. The molecule has 0 saturated carbocycles. The highest BCUT2D eigenvalue weighted by Crippen LogP contribution is 2.33. The third-order valence-corrected chi connectivity index (χ3v) is 5.55. The zero-order valence-corrected chi connectivity index (χ0v) is 17.7. The van der Waals surface area contributed by atoms with Crippen molar-refractivity contribution in [2.45, 2.75) is 24.0 Å². The van der Waals surface area contributed by atoms with E-state index >= 15 is 0 Å². The Morgan fingerprint density at radius 2 is 1.75 bits per heavy atom. The van der Waals surface area contributed by atoms with Gasteiger partial charge < -0.3 is 10.8 Å². The molecule has 166 valence electrons. The van der Waals surface area contributed by atoms with E-state index in [-0.39, 0.29) is 12.4 Å². The number of hydrogen-bond acceptors (Lipinski definition) is 6. The van der Waals surface area contributed by atoms with Gasteiger partial charge in [0.1, 0.15) is 5.82 Å². The second-order valence-electron chi connectivity index (χ2n) is 6.94. The summed E-state index contributed by atoms with van der Waals surface area (Å²) >= 11 is 1.30. The summed E-state index contributed by atoms with van der Waals surface area (Å²) in [6, 6.07) is 13.8. The standard InChI is InChI=1S/C21H19F3N6OS/c1-32-20-28-27-19(30(20)15-9-7-14(8-10-15)21(22,23)24)16-11-26-29(18(16)25)12-17(31)13-5-3-2-4-6-13/h2-11,17,31H,12,25H2,1H3.